The smallest absolute Gasteiger partial charge is 0.387 e. The molecule has 1 aliphatic rings. The number of rotatable bonds is 4. The zero-order valence-corrected chi connectivity index (χ0v) is 9.82. The van der Waals surface area contributed by atoms with Crippen molar-refractivity contribution < 1.29 is 18.3 Å². The molecule has 94 valence electrons. The molecule has 0 bridgehead atoms. The maximum Gasteiger partial charge on any atom is 0.387 e. The largest absolute Gasteiger partial charge is 0.484 e. The Morgan fingerprint density at radius 3 is 2.59 bits per heavy atom. The molecule has 17 heavy (non-hydrogen) atoms. The monoisotopic (exact) mass is 243 g/mol. The molecule has 5 heteroatoms. The van der Waals surface area contributed by atoms with Crippen molar-refractivity contribution in [1.29, 1.82) is 0 Å². The predicted octanol–water partition coefficient (Wildman–Crippen LogP) is 2.29. The Morgan fingerprint density at radius 1 is 1.29 bits per heavy atom. The normalized spacial score (nSPS) is 17.0. The van der Waals surface area contributed by atoms with Crippen molar-refractivity contribution >= 4 is 0 Å². The van der Waals surface area contributed by atoms with Crippen LogP contribution >= 0.6 is 0 Å². The van der Waals surface area contributed by atoms with Crippen LogP contribution in [0.4, 0.5) is 8.78 Å². The molecule has 1 aromatic carbocycles. The second-order valence-corrected chi connectivity index (χ2v) is 4.29. The van der Waals surface area contributed by atoms with E-state index < -0.39 is 6.61 Å². The Balaban J connectivity index is 2.09. The van der Waals surface area contributed by atoms with Crippen LogP contribution in [0.1, 0.15) is 5.56 Å². The Labute approximate surface area is 98.9 Å². The van der Waals surface area contributed by atoms with Gasteiger partial charge in [0.15, 0.2) is 11.5 Å². The third kappa shape index (κ3) is 3.06. The summed E-state index contributed by atoms with van der Waals surface area (Å²) in [6.45, 7) is 0.667. The van der Waals surface area contributed by atoms with Crippen molar-refractivity contribution in [1.82, 2.24) is 4.90 Å². The van der Waals surface area contributed by atoms with Crippen molar-refractivity contribution in [3.05, 3.63) is 23.8 Å². The van der Waals surface area contributed by atoms with Gasteiger partial charge in [0.2, 0.25) is 0 Å². The van der Waals surface area contributed by atoms with E-state index in [0.29, 0.717) is 5.75 Å². The van der Waals surface area contributed by atoms with Crippen LogP contribution in [0, 0.1) is 6.92 Å². The SMILES string of the molecule is Cc1ccc(OC(F)F)c(OC2CN(C)C2)c1. The van der Waals surface area contributed by atoms with Gasteiger partial charge in [-0.1, -0.05) is 6.07 Å². The van der Waals surface area contributed by atoms with Crippen LogP contribution in [-0.2, 0) is 0 Å². The molecule has 3 nitrogen and oxygen atoms in total. The molecular formula is C12H15F2NO2. The first-order valence-corrected chi connectivity index (χ1v) is 5.45. The van der Waals surface area contributed by atoms with E-state index in [2.05, 4.69) is 9.64 Å². The molecule has 1 fully saturated rings. The summed E-state index contributed by atoms with van der Waals surface area (Å²) in [5.41, 5.74) is 0.953. The van der Waals surface area contributed by atoms with Crippen molar-refractivity contribution in [3.63, 3.8) is 0 Å². The molecule has 0 N–H and O–H groups in total. The van der Waals surface area contributed by atoms with Crippen LogP contribution in [-0.4, -0.2) is 37.8 Å². The summed E-state index contributed by atoms with van der Waals surface area (Å²) >= 11 is 0. The fraction of sp³-hybridized carbons (Fsp3) is 0.500. The number of hydrogen-bond acceptors (Lipinski definition) is 3. The van der Waals surface area contributed by atoms with E-state index in [4.69, 9.17) is 4.74 Å². The summed E-state index contributed by atoms with van der Waals surface area (Å²) in [5, 5.41) is 0. The van der Waals surface area contributed by atoms with Gasteiger partial charge in [-0.25, -0.2) is 0 Å². The van der Waals surface area contributed by atoms with E-state index in [-0.39, 0.29) is 11.9 Å². The summed E-state index contributed by atoms with van der Waals surface area (Å²) in [6.07, 6.45) is 0.0572. The van der Waals surface area contributed by atoms with Crippen LogP contribution in [0.2, 0.25) is 0 Å². The molecule has 0 unspecified atom stereocenters. The molecule has 0 amide bonds. The number of halogens is 2. The molecule has 0 radical (unpaired) electrons. The fourth-order valence-electron chi connectivity index (χ4n) is 1.80. The van der Waals surface area contributed by atoms with Gasteiger partial charge < -0.3 is 9.47 Å². The third-order valence-electron chi connectivity index (χ3n) is 2.64. The van der Waals surface area contributed by atoms with Gasteiger partial charge in [-0.3, -0.25) is 4.90 Å². The van der Waals surface area contributed by atoms with E-state index in [1.807, 2.05) is 14.0 Å². The summed E-state index contributed by atoms with van der Waals surface area (Å²) in [5.74, 6) is 0.489. The number of likely N-dealkylation sites (tertiary alicyclic amines) is 1. The highest BCUT2D eigenvalue weighted by atomic mass is 19.3. The molecule has 0 aromatic heterocycles. The van der Waals surface area contributed by atoms with E-state index in [0.717, 1.165) is 18.7 Å². The van der Waals surface area contributed by atoms with Gasteiger partial charge in [0, 0.05) is 13.1 Å². The number of likely N-dealkylation sites (N-methyl/N-ethyl adjacent to an activating group) is 1. The first kappa shape index (κ1) is 12.1. The van der Waals surface area contributed by atoms with Crippen molar-refractivity contribution in [2.24, 2.45) is 0 Å². The lowest BCUT2D eigenvalue weighted by Crippen LogP contribution is -2.51. The lowest BCUT2D eigenvalue weighted by atomic mass is 10.2. The minimum Gasteiger partial charge on any atom is -0.484 e. The molecule has 0 atom stereocenters. The first-order chi connectivity index (χ1) is 8.04. The van der Waals surface area contributed by atoms with Gasteiger partial charge in [-0.15, -0.1) is 0 Å². The maximum absolute atomic E-state index is 12.2. The first-order valence-electron chi connectivity index (χ1n) is 5.45. The minimum atomic E-state index is -2.83. The summed E-state index contributed by atoms with van der Waals surface area (Å²) in [7, 11) is 1.98. The van der Waals surface area contributed by atoms with Crippen molar-refractivity contribution in [2.45, 2.75) is 19.6 Å². The maximum atomic E-state index is 12.2. The van der Waals surface area contributed by atoms with E-state index in [1.165, 1.54) is 6.07 Å². The molecule has 0 aliphatic carbocycles. The zero-order valence-electron chi connectivity index (χ0n) is 9.82. The van der Waals surface area contributed by atoms with E-state index in [1.54, 1.807) is 12.1 Å². The Hall–Kier alpha value is -1.36. The Morgan fingerprint density at radius 2 is 2.00 bits per heavy atom. The average Bonchev–Trinajstić information content (AvgIpc) is 2.19. The standard InChI is InChI=1S/C12H15F2NO2/c1-8-3-4-10(17-12(13)14)11(5-8)16-9-6-15(2)7-9/h3-5,9,12H,6-7H2,1-2H3. The zero-order chi connectivity index (χ0) is 12.4. The lowest BCUT2D eigenvalue weighted by Gasteiger charge is -2.36. The van der Waals surface area contributed by atoms with Crippen LogP contribution in [0.15, 0.2) is 18.2 Å². The number of benzene rings is 1. The number of aryl methyl sites for hydroxylation is 1. The predicted molar refractivity (Wildman–Crippen MR) is 59.7 cm³/mol. The Kier molecular flexibility index (Phi) is 3.47. The molecule has 0 saturated carbocycles. The molecular weight excluding hydrogens is 228 g/mol. The summed E-state index contributed by atoms with van der Waals surface area (Å²) in [4.78, 5) is 2.09. The van der Waals surface area contributed by atoms with Crippen LogP contribution in [0.25, 0.3) is 0 Å². The lowest BCUT2D eigenvalue weighted by molar-refractivity contribution is -0.0537. The van der Waals surface area contributed by atoms with Gasteiger partial charge in [-0.05, 0) is 31.7 Å². The summed E-state index contributed by atoms with van der Waals surface area (Å²) in [6, 6.07) is 4.95. The van der Waals surface area contributed by atoms with Crippen molar-refractivity contribution in [2.75, 3.05) is 20.1 Å². The number of ether oxygens (including phenoxy) is 2. The highest BCUT2D eigenvalue weighted by Gasteiger charge is 2.26. The van der Waals surface area contributed by atoms with E-state index in [9.17, 15) is 8.78 Å². The molecule has 1 aliphatic heterocycles. The van der Waals surface area contributed by atoms with E-state index >= 15 is 0 Å². The summed E-state index contributed by atoms with van der Waals surface area (Å²) < 4.78 is 34.5. The van der Waals surface area contributed by atoms with Gasteiger partial charge >= 0.3 is 6.61 Å². The van der Waals surface area contributed by atoms with Gasteiger partial charge in [0.1, 0.15) is 6.10 Å². The van der Waals surface area contributed by atoms with Gasteiger partial charge in [0.25, 0.3) is 0 Å². The molecule has 2 rings (SSSR count). The molecule has 1 saturated heterocycles. The fourth-order valence-corrected chi connectivity index (χ4v) is 1.80. The van der Waals surface area contributed by atoms with Crippen LogP contribution < -0.4 is 9.47 Å². The number of nitrogens with zero attached hydrogens (tertiary/aromatic N) is 1. The van der Waals surface area contributed by atoms with Crippen LogP contribution in [0.3, 0.4) is 0 Å². The Bertz CT molecular complexity index is 392. The average molecular weight is 243 g/mol. The minimum absolute atomic E-state index is 0.0572. The number of alkyl halides is 2. The number of hydrogen-bond donors (Lipinski definition) is 0. The second kappa shape index (κ2) is 4.87. The van der Waals surface area contributed by atoms with Gasteiger partial charge in [0.05, 0.1) is 0 Å². The highest BCUT2D eigenvalue weighted by molar-refractivity contribution is 5.42. The van der Waals surface area contributed by atoms with Crippen molar-refractivity contribution in [3.8, 4) is 11.5 Å². The molecule has 1 aromatic rings. The molecule has 1 heterocycles. The highest BCUT2D eigenvalue weighted by Crippen LogP contribution is 2.31. The van der Waals surface area contributed by atoms with Crippen LogP contribution in [0.5, 0.6) is 11.5 Å². The second-order valence-electron chi connectivity index (χ2n) is 4.29. The topological polar surface area (TPSA) is 21.7 Å². The third-order valence-corrected chi connectivity index (χ3v) is 2.64. The quantitative estimate of drug-likeness (QED) is 0.809. The molecule has 0 spiro atoms. The van der Waals surface area contributed by atoms with Gasteiger partial charge in [-0.2, -0.15) is 8.78 Å².